The smallest absolute Gasteiger partial charge is 0.163 e. The van der Waals surface area contributed by atoms with Crippen LogP contribution in [0.3, 0.4) is 0 Å². The van der Waals surface area contributed by atoms with E-state index in [-0.39, 0.29) is 5.57 Å². The Labute approximate surface area is 53.5 Å². The van der Waals surface area contributed by atoms with Crippen LogP contribution in [0.5, 0.6) is 0 Å². The summed E-state index contributed by atoms with van der Waals surface area (Å²) in [6.45, 7) is 2.25. The van der Waals surface area contributed by atoms with Crippen LogP contribution in [0.1, 0.15) is 6.92 Å². The van der Waals surface area contributed by atoms with Gasteiger partial charge in [0.25, 0.3) is 0 Å². The van der Waals surface area contributed by atoms with Crippen LogP contribution in [-0.4, -0.2) is 12.9 Å². The van der Waals surface area contributed by atoms with E-state index >= 15 is 0 Å². The highest BCUT2D eigenvalue weighted by atomic mass is 16.5. The Balaban J connectivity index is 3.80. The summed E-state index contributed by atoms with van der Waals surface area (Å²) in [5, 5.41) is 8.12. The molecule has 0 aliphatic heterocycles. The molecule has 3 heteroatoms. The Bertz CT molecular complexity index is 155. The molecule has 0 fully saturated rings. The van der Waals surface area contributed by atoms with Gasteiger partial charge in [-0.2, -0.15) is 5.26 Å². The van der Waals surface area contributed by atoms with Crippen molar-refractivity contribution in [1.29, 1.82) is 5.26 Å². The number of carbonyl (C=O) groups is 1. The maximum Gasteiger partial charge on any atom is 0.163 e. The summed E-state index contributed by atoms with van der Waals surface area (Å²) < 4.78 is 4.66. The lowest BCUT2D eigenvalue weighted by Gasteiger charge is -1.89. The quantitative estimate of drug-likeness (QED) is 0.240. The number of ether oxygens (including phenoxy) is 1. The van der Waals surface area contributed by atoms with Gasteiger partial charge in [-0.25, -0.2) is 0 Å². The first-order valence-electron chi connectivity index (χ1n) is 2.52. The van der Waals surface area contributed by atoms with E-state index in [1.54, 1.807) is 13.0 Å². The monoisotopic (exact) mass is 125 g/mol. The van der Waals surface area contributed by atoms with Crippen LogP contribution in [0, 0.1) is 11.3 Å². The van der Waals surface area contributed by atoms with Gasteiger partial charge < -0.3 is 4.74 Å². The Morgan fingerprint density at radius 1 is 1.89 bits per heavy atom. The van der Waals surface area contributed by atoms with Crippen molar-refractivity contribution in [2.45, 2.75) is 6.92 Å². The van der Waals surface area contributed by atoms with Gasteiger partial charge in [0, 0.05) is 0 Å². The Hall–Kier alpha value is -1.30. The minimum atomic E-state index is 0.0110. The third-order valence-electron chi connectivity index (χ3n) is 0.633. The third-order valence-corrected chi connectivity index (χ3v) is 0.633. The normalized spacial score (nSPS) is 10.0. The average Bonchev–Trinajstić information content (AvgIpc) is 1.91. The number of nitrogens with zero attached hydrogens (tertiary/aromatic N) is 1. The lowest BCUT2D eigenvalue weighted by atomic mass is 10.4. The van der Waals surface area contributed by atoms with Gasteiger partial charge in [-0.15, -0.1) is 0 Å². The lowest BCUT2D eigenvalue weighted by Crippen LogP contribution is -1.83. The van der Waals surface area contributed by atoms with Gasteiger partial charge in [-0.1, -0.05) is 0 Å². The standard InChI is InChI=1S/C6H7NO2/c1-2-9-5-6(3-7)4-8/h4-5H,2H2,1H3/b6-5-. The molecule has 0 saturated carbocycles. The second-order valence-corrected chi connectivity index (χ2v) is 1.26. The van der Waals surface area contributed by atoms with Crippen LogP contribution in [0.2, 0.25) is 0 Å². The maximum atomic E-state index is 9.87. The van der Waals surface area contributed by atoms with Gasteiger partial charge >= 0.3 is 0 Å². The summed E-state index contributed by atoms with van der Waals surface area (Å²) in [4.78, 5) is 9.87. The van der Waals surface area contributed by atoms with Gasteiger partial charge in [0.1, 0.15) is 17.9 Å². The number of hydrogen-bond acceptors (Lipinski definition) is 3. The molecule has 0 radical (unpaired) electrons. The van der Waals surface area contributed by atoms with Gasteiger partial charge in [0.05, 0.1) is 6.61 Å². The Morgan fingerprint density at radius 2 is 2.56 bits per heavy atom. The molecule has 0 heterocycles. The fraction of sp³-hybridized carbons (Fsp3) is 0.333. The predicted molar refractivity (Wildman–Crippen MR) is 31.4 cm³/mol. The van der Waals surface area contributed by atoms with Gasteiger partial charge in [0.15, 0.2) is 6.29 Å². The number of rotatable bonds is 3. The van der Waals surface area contributed by atoms with E-state index in [0.29, 0.717) is 12.9 Å². The molecule has 0 amide bonds. The molecule has 0 rings (SSSR count). The summed E-state index contributed by atoms with van der Waals surface area (Å²) >= 11 is 0. The molecule has 0 aromatic heterocycles. The number of carbonyl (C=O) groups excluding carboxylic acids is 1. The van der Waals surface area contributed by atoms with Crippen molar-refractivity contribution in [2.24, 2.45) is 0 Å². The molecule has 48 valence electrons. The molecule has 0 bridgehead atoms. The largest absolute Gasteiger partial charge is 0.500 e. The zero-order valence-electron chi connectivity index (χ0n) is 5.13. The maximum absolute atomic E-state index is 9.87. The van der Waals surface area contributed by atoms with Crippen LogP contribution in [-0.2, 0) is 9.53 Å². The van der Waals surface area contributed by atoms with Crippen LogP contribution in [0.15, 0.2) is 11.8 Å². The molecule has 3 nitrogen and oxygen atoms in total. The lowest BCUT2D eigenvalue weighted by molar-refractivity contribution is -0.104. The number of nitriles is 1. The van der Waals surface area contributed by atoms with Crippen molar-refractivity contribution in [2.75, 3.05) is 6.61 Å². The summed E-state index contributed by atoms with van der Waals surface area (Å²) in [6.07, 6.45) is 1.60. The van der Waals surface area contributed by atoms with Crippen molar-refractivity contribution >= 4 is 6.29 Å². The first kappa shape index (κ1) is 7.70. The zero-order valence-corrected chi connectivity index (χ0v) is 5.13. The highest BCUT2D eigenvalue weighted by molar-refractivity contribution is 5.78. The van der Waals surface area contributed by atoms with E-state index in [9.17, 15) is 4.79 Å². The van der Waals surface area contributed by atoms with Crippen molar-refractivity contribution < 1.29 is 9.53 Å². The van der Waals surface area contributed by atoms with Crippen LogP contribution >= 0.6 is 0 Å². The Kier molecular flexibility index (Phi) is 4.15. The van der Waals surface area contributed by atoms with Crippen LogP contribution in [0.25, 0.3) is 0 Å². The van der Waals surface area contributed by atoms with Crippen LogP contribution < -0.4 is 0 Å². The second kappa shape index (κ2) is 4.85. The summed E-state index contributed by atoms with van der Waals surface area (Å²) in [5.41, 5.74) is 0.0110. The van der Waals surface area contributed by atoms with Gasteiger partial charge in [0.2, 0.25) is 0 Å². The van der Waals surface area contributed by atoms with E-state index in [1.807, 2.05) is 0 Å². The molecule has 0 aromatic carbocycles. The highest BCUT2D eigenvalue weighted by Gasteiger charge is 1.87. The number of aldehydes is 1. The third kappa shape index (κ3) is 3.30. The zero-order chi connectivity index (χ0) is 7.11. The molecular weight excluding hydrogens is 118 g/mol. The van der Waals surface area contributed by atoms with E-state index < -0.39 is 0 Å². The topological polar surface area (TPSA) is 50.1 Å². The summed E-state index contributed by atoms with van der Waals surface area (Å²) in [7, 11) is 0. The van der Waals surface area contributed by atoms with Gasteiger partial charge in [-0.05, 0) is 6.92 Å². The molecule has 0 atom stereocenters. The van der Waals surface area contributed by atoms with Crippen LogP contribution in [0.4, 0.5) is 0 Å². The van der Waals surface area contributed by atoms with Gasteiger partial charge in [-0.3, -0.25) is 4.79 Å². The van der Waals surface area contributed by atoms with E-state index in [1.165, 1.54) is 0 Å². The van der Waals surface area contributed by atoms with E-state index in [2.05, 4.69) is 4.74 Å². The summed E-state index contributed by atoms with van der Waals surface area (Å²) in [5.74, 6) is 0. The second-order valence-electron chi connectivity index (χ2n) is 1.26. The van der Waals surface area contributed by atoms with Crippen molar-refractivity contribution in [3.05, 3.63) is 11.8 Å². The molecule has 9 heavy (non-hydrogen) atoms. The minimum Gasteiger partial charge on any atom is -0.500 e. The fourth-order valence-electron chi connectivity index (χ4n) is 0.254. The fourth-order valence-corrected chi connectivity index (χ4v) is 0.254. The number of allylic oxidation sites excluding steroid dienone is 1. The summed E-state index contributed by atoms with van der Waals surface area (Å²) in [6, 6.07) is 1.65. The molecule has 0 N–H and O–H groups in total. The minimum absolute atomic E-state index is 0.0110. The predicted octanol–water partition coefficient (Wildman–Crippen LogP) is 0.629. The molecule has 0 spiro atoms. The molecule has 0 aliphatic rings. The van der Waals surface area contributed by atoms with E-state index in [4.69, 9.17) is 5.26 Å². The Morgan fingerprint density at radius 3 is 2.89 bits per heavy atom. The number of hydrogen-bond donors (Lipinski definition) is 0. The molecule has 0 aromatic rings. The average molecular weight is 125 g/mol. The molecule has 0 aliphatic carbocycles. The molecular formula is C6H7NO2. The first-order chi connectivity index (χ1) is 4.35. The first-order valence-corrected chi connectivity index (χ1v) is 2.52. The molecule has 0 unspecified atom stereocenters. The SMILES string of the molecule is CCO/C=C(/C#N)C=O. The highest BCUT2D eigenvalue weighted by Crippen LogP contribution is 1.85. The van der Waals surface area contributed by atoms with E-state index in [0.717, 1.165) is 6.26 Å². The van der Waals surface area contributed by atoms with Crippen molar-refractivity contribution in [1.82, 2.24) is 0 Å². The van der Waals surface area contributed by atoms with Crippen molar-refractivity contribution in [3.63, 3.8) is 0 Å². The van der Waals surface area contributed by atoms with Crippen molar-refractivity contribution in [3.8, 4) is 6.07 Å². The molecule has 0 saturated heterocycles.